The fourth-order valence-corrected chi connectivity index (χ4v) is 4.25. The number of carbonyl (C=O) groups is 2. The third-order valence-electron chi connectivity index (χ3n) is 6.33. The van der Waals surface area contributed by atoms with Gasteiger partial charge in [0.2, 0.25) is 0 Å². The Balaban J connectivity index is 1.49. The van der Waals surface area contributed by atoms with E-state index in [1.807, 2.05) is 49.4 Å². The van der Waals surface area contributed by atoms with E-state index in [1.165, 1.54) is 7.11 Å². The monoisotopic (exact) mass is 530 g/mol. The number of rotatable bonds is 7. The van der Waals surface area contributed by atoms with E-state index < -0.39 is 5.91 Å². The first-order valence-corrected chi connectivity index (χ1v) is 12.5. The van der Waals surface area contributed by atoms with E-state index in [4.69, 9.17) is 4.74 Å². The molecule has 0 aromatic heterocycles. The average Bonchev–Trinajstić information content (AvgIpc) is 2.98. The number of benzene rings is 5. The van der Waals surface area contributed by atoms with Gasteiger partial charge < -0.3 is 20.5 Å². The second kappa shape index (κ2) is 11.5. The molecular formula is C32H26N4O4. The number of nitrogens with one attached hydrogen (secondary N) is 2. The summed E-state index contributed by atoms with van der Waals surface area (Å²) < 4.78 is 5.51. The molecule has 5 aromatic carbocycles. The Morgan fingerprint density at radius 1 is 0.775 bits per heavy atom. The molecular weight excluding hydrogens is 504 g/mol. The number of amides is 2. The lowest BCUT2D eigenvalue weighted by molar-refractivity contribution is 0.101. The number of aryl methyl sites for hydroxylation is 1. The van der Waals surface area contributed by atoms with Gasteiger partial charge in [0.25, 0.3) is 11.8 Å². The van der Waals surface area contributed by atoms with Crippen LogP contribution in [-0.2, 0) is 0 Å². The Hall–Kier alpha value is -5.50. The van der Waals surface area contributed by atoms with Crippen molar-refractivity contribution in [2.24, 2.45) is 10.2 Å². The molecule has 5 rings (SSSR count). The molecule has 8 heteroatoms. The van der Waals surface area contributed by atoms with E-state index in [-0.39, 0.29) is 22.9 Å². The fraction of sp³-hybridized carbons (Fsp3) is 0.0625. The number of carbonyl (C=O) groups excluding carboxylic acids is 2. The highest BCUT2D eigenvalue weighted by Crippen LogP contribution is 2.41. The van der Waals surface area contributed by atoms with Gasteiger partial charge in [0, 0.05) is 22.7 Å². The standard InChI is InChI=1S/C32H26N4O4/c1-20-17-27(34-31(38)21-11-5-3-6-12-21)28(40-2)19-26(20)35-36-29-24-16-10-9-13-22(24)18-25(30(29)37)32(39)33-23-14-7-4-8-15-23/h3-19,37H,1-2H3,(H,33,39)(H,34,38). The van der Waals surface area contributed by atoms with Crippen molar-refractivity contribution in [3.8, 4) is 11.5 Å². The molecule has 3 N–H and O–H groups in total. The average molecular weight is 531 g/mol. The summed E-state index contributed by atoms with van der Waals surface area (Å²) in [6.45, 7) is 1.83. The summed E-state index contributed by atoms with van der Waals surface area (Å²) in [6, 6.07) is 30.2. The van der Waals surface area contributed by atoms with Crippen LogP contribution in [0.25, 0.3) is 10.8 Å². The molecule has 0 atom stereocenters. The first kappa shape index (κ1) is 26.1. The fourth-order valence-electron chi connectivity index (χ4n) is 4.25. The van der Waals surface area contributed by atoms with Gasteiger partial charge in [0.05, 0.1) is 24.0 Å². The van der Waals surface area contributed by atoms with Gasteiger partial charge in [0.1, 0.15) is 11.4 Å². The van der Waals surface area contributed by atoms with Crippen LogP contribution in [0, 0.1) is 6.92 Å². The van der Waals surface area contributed by atoms with E-state index in [9.17, 15) is 14.7 Å². The number of hydrogen-bond acceptors (Lipinski definition) is 6. The van der Waals surface area contributed by atoms with Crippen LogP contribution in [0.4, 0.5) is 22.7 Å². The Kier molecular flexibility index (Phi) is 7.50. The summed E-state index contributed by atoms with van der Waals surface area (Å²) in [7, 11) is 1.50. The maximum atomic E-state index is 13.1. The van der Waals surface area contributed by atoms with E-state index in [0.29, 0.717) is 33.8 Å². The zero-order valence-corrected chi connectivity index (χ0v) is 21.9. The van der Waals surface area contributed by atoms with Crippen LogP contribution in [-0.4, -0.2) is 24.0 Å². The van der Waals surface area contributed by atoms with Gasteiger partial charge in [-0.25, -0.2) is 0 Å². The highest BCUT2D eigenvalue weighted by atomic mass is 16.5. The summed E-state index contributed by atoms with van der Waals surface area (Å²) >= 11 is 0. The van der Waals surface area contributed by atoms with Gasteiger partial charge in [0.15, 0.2) is 5.75 Å². The highest BCUT2D eigenvalue weighted by molar-refractivity contribution is 6.11. The molecule has 0 spiro atoms. The summed E-state index contributed by atoms with van der Waals surface area (Å²) in [5.41, 5.74) is 3.03. The molecule has 40 heavy (non-hydrogen) atoms. The van der Waals surface area contributed by atoms with Crippen molar-refractivity contribution in [1.82, 2.24) is 0 Å². The molecule has 0 fully saturated rings. The van der Waals surface area contributed by atoms with E-state index in [0.717, 1.165) is 10.9 Å². The van der Waals surface area contributed by atoms with E-state index >= 15 is 0 Å². The smallest absolute Gasteiger partial charge is 0.259 e. The molecule has 5 aromatic rings. The van der Waals surface area contributed by atoms with Gasteiger partial charge in [-0.05, 0) is 54.3 Å². The minimum atomic E-state index is -0.470. The predicted molar refractivity (Wildman–Crippen MR) is 156 cm³/mol. The zero-order chi connectivity index (χ0) is 28.1. The van der Waals surface area contributed by atoms with Crippen LogP contribution in [0.5, 0.6) is 11.5 Å². The number of para-hydroxylation sites is 1. The second-order valence-corrected chi connectivity index (χ2v) is 9.02. The van der Waals surface area contributed by atoms with Crippen LogP contribution in [0.2, 0.25) is 0 Å². The van der Waals surface area contributed by atoms with Crippen LogP contribution in [0.3, 0.4) is 0 Å². The van der Waals surface area contributed by atoms with Crippen molar-refractivity contribution in [2.45, 2.75) is 6.92 Å². The molecule has 8 nitrogen and oxygen atoms in total. The minimum absolute atomic E-state index is 0.0739. The number of nitrogens with zero attached hydrogens (tertiary/aromatic N) is 2. The van der Waals surface area contributed by atoms with Gasteiger partial charge >= 0.3 is 0 Å². The van der Waals surface area contributed by atoms with Crippen LogP contribution in [0.15, 0.2) is 113 Å². The topological polar surface area (TPSA) is 112 Å². The Morgan fingerprint density at radius 2 is 1.45 bits per heavy atom. The number of anilines is 2. The number of fused-ring (bicyclic) bond motifs is 1. The molecule has 0 bridgehead atoms. The minimum Gasteiger partial charge on any atom is -0.505 e. The number of phenolic OH excluding ortho intramolecular Hbond substituents is 1. The van der Waals surface area contributed by atoms with Crippen LogP contribution >= 0.6 is 0 Å². The number of ether oxygens (including phenoxy) is 1. The lowest BCUT2D eigenvalue weighted by Crippen LogP contribution is -2.12. The normalized spacial score (nSPS) is 10.9. The maximum Gasteiger partial charge on any atom is 0.259 e. The molecule has 0 saturated carbocycles. The van der Waals surface area contributed by atoms with Gasteiger partial charge in [-0.2, -0.15) is 0 Å². The number of aromatic hydroxyl groups is 1. The van der Waals surface area contributed by atoms with Gasteiger partial charge in [-0.1, -0.05) is 60.7 Å². The molecule has 2 amide bonds. The van der Waals surface area contributed by atoms with E-state index in [2.05, 4.69) is 20.9 Å². The molecule has 0 aliphatic carbocycles. The number of azo groups is 1. The molecule has 0 aliphatic rings. The summed E-state index contributed by atoms with van der Waals surface area (Å²) in [6.07, 6.45) is 0. The summed E-state index contributed by atoms with van der Waals surface area (Å²) in [5.74, 6) is -0.627. The molecule has 198 valence electrons. The Labute approximate surface area is 231 Å². The lowest BCUT2D eigenvalue weighted by atomic mass is 10.0. The van der Waals surface area contributed by atoms with Crippen molar-refractivity contribution in [1.29, 1.82) is 0 Å². The SMILES string of the molecule is COc1cc(N=Nc2c(O)c(C(=O)Nc3ccccc3)cc3ccccc23)c(C)cc1NC(=O)c1ccccc1. The molecule has 0 heterocycles. The molecule has 0 aliphatic heterocycles. The Bertz CT molecular complexity index is 1740. The Morgan fingerprint density at radius 3 is 2.17 bits per heavy atom. The summed E-state index contributed by atoms with van der Waals surface area (Å²) in [4.78, 5) is 25.8. The van der Waals surface area contributed by atoms with E-state index in [1.54, 1.807) is 60.7 Å². The third-order valence-corrected chi connectivity index (χ3v) is 6.33. The van der Waals surface area contributed by atoms with Crippen molar-refractivity contribution in [3.63, 3.8) is 0 Å². The van der Waals surface area contributed by atoms with Crippen molar-refractivity contribution in [3.05, 3.63) is 120 Å². The van der Waals surface area contributed by atoms with Crippen molar-refractivity contribution >= 4 is 45.3 Å². The number of hydrogen-bond donors (Lipinski definition) is 3. The zero-order valence-electron chi connectivity index (χ0n) is 21.9. The second-order valence-electron chi connectivity index (χ2n) is 9.02. The van der Waals surface area contributed by atoms with Crippen LogP contribution < -0.4 is 15.4 Å². The summed E-state index contributed by atoms with van der Waals surface area (Å²) in [5, 5.41) is 27.0. The number of phenols is 1. The first-order valence-electron chi connectivity index (χ1n) is 12.5. The molecule has 0 unspecified atom stereocenters. The predicted octanol–water partition coefficient (Wildman–Crippen LogP) is 7.78. The first-order chi connectivity index (χ1) is 19.4. The molecule has 0 saturated heterocycles. The quantitative estimate of drug-likeness (QED) is 0.186. The van der Waals surface area contributed by atoms with Crippen molar-refractivity contribution in [2.75, 3.05) is 17.7 Å². The van der Waals surface area contributed by atoms with Crippen LogP contribution in [0.1, 0.15) is 26.3 Å². The van der Waals surface area contributed by atoms with Crippen molar-refractivity contribution < 1.29 is 19.4 Å². The molecule has 0 radical (unpaired) electrons. The third kappa shape index (κ3) is 5.51. The number of methoxy groups -OCH3 is 1. The van der Waals surface area contributed by atoms with Gasteiger partial charge in [-0.15, -0.1) is 10.2 Å². The largest absolute Gasteiger partial charge is 0.505 e. The maximum absolute atomic E-state index is 13.1. The van der Waals surface area contributed by atoms with Gasteiger partial charge in [-0.3, -0.25) is 9.59 Å². The highest BCUT2D eigenvalue weighted by Gasteiger charge is 2.19. The lowest BCUT2D eigenvalue weighted by Gasteiger charge is -2.13.